The molecular weight excluding hydrogens is 276 g/mol. The predicted molar refractivity (Wildman–Crippen MR) is 84.7 cm³/mol. The molecule has 1 N–H and O–H groups in total. The van der Waals surface area contributed by atoms with Gasteiger partial charge in [0.05, 0.1) is 13.7 Å². The first-order valence-electron chi connectivity index (χ1n) is 6.69. The SMILES string of the molecule is CCN(C(=O)CNC)C(C)Cc1ccc(OC)cc1.Cl. The van der Waals surface area contributed by atoms with Crippen molar-refractivity contribution in [3.63, 3.8) is 0 Å². The Morgan fingerprint density at radius 3 is 2.40 bits per heavy atom. The molecule has 0 aliphatic carbocycles. The summed E-state index contributed by atoms with van der Waals surface area (Å²) in [6.07, 6.45) is 0.854. The fourth-order valence-corrected chi connectivity index (χ4v) is 2.20. The van der Waals surface area contributed by atoms with E-state index in [1.165, 1.54) is 5.56 Å². The molecule has 4 nitrogen and oxygen atoms in total. The van der Waals surface area contributed by atoms with Gasteiger partial charge < -0.3 is 15.0 Å². The molecule has 20 heavy (non-hydrogen) atoms. The van der Waals surface area contributed by atoms with E-state index < -0.39 is 0 Å². The van der Waals surface area contributed by atoms with Gasteiger partial charge in [-0.3, -0.25) is 4.79 Å². The second kappa shape index (κ2) is 9.61. The molecule has 1 unspecified atom stereocenters. The number of nitrogens with one attached hydrogen (secondary N) is 1. The monoisotopic (exact) mass is 300 g/mol. The molecule has 0 saturated heterocycles. The van der Waals surface area contributed by atoms with Crippen LogP contribution >= 0.6 is 12.4 Å². The molecule has 1 amide bonds. The third-order valence-electron chi connectivity index (χ3n) is 3.21. The molecule has 1 rings (SSSR count). The summed E-state index contributed by atoms with van der Waals surface area (Å²) in [5.41, 5.74) is 1.21. The number of carbonyl (C=O) groups excluding carboxylic acids is 1. The molecule has 1 atom stereocenters. The first-order valence-corrected chi connectivity index (χ1v) is 6.69. The van der Waals surface area contributed by atoms with Crippen molar-refractivity contribution >= 4 is 18.3 Å². The quantitative estimate of drug-likeness (QED) is 0.838. The lowest BCUT2D eigenvalue weighted by Gasteiger charge is -2.28. The maximum Gasteiger partial charge on any atom is 0.236 e. The molecule has 0 radical (unpaired) electrons. The van der Waals surface area contributed by atoms with Crippen molar-refractivity contribution in [1.29, 1.82) is 0 Å². The van der Waals surface area contributed by atoms with Crippen LogP contribution in [-0.2, 0) is 11.2 Å². The lowest BCUT2D eigenvalue weighted by atomic mass is 10.1. The zero-order valence-corrected chi connectivity index (χ0v) is 13.5. The van der Waals surface area contributed by atoms with E-state index in [0.717, 1.165) is 18.7 Å². The van der Waals surface area contributed by atoms with Gasteiger partial charge in [0.15, 0.2) is 0 Å². The molecule has 0 spiro atoms. The fourth-order valence-electron chi connectivity index (χ4n) is 2.20. The third-order valence-corrected chi connectivity index (χ3v) is 3.21. The highest BCUT2D eigenvalue weighted by molar-refractivity contribution is 5.85. The number of methoxy groups -OCH3 is 1. The van der Waals surface area contributed by atoms with E-state index in [9.17, 15) is 4.79 Å². The fraction of sp³-hybridized carbons (Fsp3) is 0.533. The van der Waals surface area contributed by atoms with Crippen LogP contribution in [0.3, 0.4) is 0 Å². The van der Waals surface area contributed by atoms with Gasteiger partial charge in [-0.05, 0) is 45.0 Å². The van der Waals surface area contributed by atoms with E-state index >= 15 is 0 Å². The Hall–Kier alpha value is -1.26. The zero-order valence-electron chi connectivity index (χ0n) is 12.7. The highest BCUT2D eigenvalue weighted by Gasteiger charge is 2.17. The summed E-state index contributed by atoms with van der Waals surface area (Å²) in [6.45, 7) is 5.22. The molecule has 0 aliphatic heterocycles. The summed E-state index contributed by atoms with van der Waals surface area (Å²) in [5.74, 6) is 1.00. The normalized spacial score (nSPS) is 11.4. The number of carbonyl (C=O) groups is 1. The van der Waals surface area contributed by atoms with Crippen molar-refractivity contribution in [2.45, 2.75) is 26.3 Å². The van der Waals surface area contributed by atoms with Crippen LogP contribution in [0.1, 0.15) is 19.4 Å². The van der Waals surface area contributed by atoms with E-state index in [0.29, 0.717) is 6.54 Å². The van der Waals surface area contributed by atoms with Crippen molar-refractivity contribution in [2.24, 2.45) is 0 Å². The van der Waals surface area contributed by atoms with E-state index in [4.69, 9.17) is 4.74 Å². The van der Waals surface area contributed by atoms with E-state index in [1.807, 2.05) is 36.1 Å². The van der Waals surface area contributed by atoms with Crippen molar-refractivity contribution in [3.8, 4) is 5.75 Å². The van der Waals surface area contributed by atoms with Crippen molar-refractivity contribution in [1.82, 2.24) is 10.2 Å². The van der Waals surface area contributed by atoms with Gasteiger partial charge in [0.1, 0.15) is 5.75 Å². The van der Waals surface area contributed by atoms with Crippen LogP contribution in [-0.4, -0.2) is 44.1 Å². The standard InChI is InChI=1S/C15H24N2O2.ClH/c1-5-17(15(18)11-16-3)12(2)10-13-6-8-14(19-4)9-7-13;/h6-9,12,16H,5,10-11H2,1-4H3;1H. The molecule has 1 aromatic rings. The summed E-state index contributed by atoms with van der Waals surface area (Å²) in [6, 6.07) is 8.19. The summed E-state index contributed by atoms with van der Waals surface area (Å²) in [5, 5.41) is 2.91. The van der Waals surface area contributed by atoms with Crippen molar-refractivity contribution in [2.75, 3.05) is 27.2 Å². The highest BCUT2D eigenvalue weighted by atomic mass is 35.5. The summed E-state index contributed by atoms with van der Waals surface area (Å²) < 4.78 is 5.14. The minimum Gasteiger partial charge on any atom is -0.497 e. The van der Waals surface area contributed by atoms with Crippen molar-refractivity contribution in [3.05, 3.63) is 29.8 Å². The van der Waals surface area contributed by atoms with E-state index in [1.54, 1.807) is 14.2 Å². The Morgan fingerprint density at radius 2 is 1.95 bits per heavy atom. The largest absolute Gasteiger partial charge is 0.497 e. The molecule has 5 heteroatoms. The molecule has 0 heterocycles. The molecule has 0 bridgehead atoms. The average Bonchev–Trinajstić information content (AvgIpc) is 2.40. The van der Waals surface area contributed by atoms with Crippen LogP contribution in [0.2, 0.25) is 0 Å². The molecular formula is C15H25ClN2O2. The first kappa shape index (κ1) is 18.7. The third kappa shape index (κ3) is 5.39. The zero-order chi connectivity index (χ0) is 14.3. The average molecular weight is 301 g/mol. The van der Waals surface area contributed by atoms with Gasteiger partial charge in [-0.15, -0.1) is 12.4 Å². The lowest BCUT2D eigenvalue weighted by molar-refractivity contribution is -0.131. The van der Waals surface area contributed by atoms with Crippen LogP contribution in [0.25, 0.3) is 0 Å². The molecule has 0 fully saturated rings. The van der Waals surface area contributed by atoms with E-state index in [-0.39, 0.29) is 24.4 Å². The molecule has 0 aliphatic rings. The molecule has 0 saturated carbocycles. The lowest BCUT2D eigenvalue weighted by Crippen LogP contribution is -2.43. The van der Waals surface area contributed by atoms with Crippen LogP contribution < -0.4 is 10.1 Å². The Bertz CT molecular complexity index is 395. The number of hydrogen-bond donors (Lipinski definition) is 1. The van der Waals surface area contributed by atoms with Crippen LogP contribution in [0.4, 0.5) is 0 Å². The number of halogens is 1. The first-order chi connectivity index (χ1) is 9.12. The van der Waals surface area contributed by atoms with E-state index in [2.05, 4.69) is 12.2 Å². The maximum absolute atomic E-state index is 11.9. The number of rotatable bonds is 7. The van der Waals surface area contributed by atoms with Gasteiger partial charge >= 0.3 is 0 Å². The van der Waals surface area contributed by atoms with Crippen LogP contribution in [0.5, 0.6) is 5.75 Å². The van der Waals surface area contributed by atoms with Gasteiger partial charge in [-0.1, -0.05) is 12.1 Å². The minimum absolute atomic E-state index is 0. The maximum atomic E-state index is 11.9. The van der Waals surface area contributed by atoms with Crippen molar-refractivity contribution < 1.29 is 9.53 Å². The Kier molecular flexibility index (Phi) is 9.01. The summed E-state index contributed by atoms with van der Waals surface area (Å²) in [4.78, 5) is 13.9. The molecule has 1 aromatic carbocycles. The molecule has 0 aromatic heterocycles. The Morgan fingerprint density at radius 1 is 1.35 bits per heavy atom. The number of likely N-dealkylation sites (N-methyl/N-ethyl adjacent to an activating group) is 2. The minimum atomic E-state index is 0. The second-order valence-corrected chi connectivity index (χ2v) is 4.61. The number of hydrogen-bond acceptors (Lipinski definition) is 3. The second-order valence-electron chi connectivity index (χ2n) is 4.61. The summed E-state index contributed by atoms with van der Waals surface area (Å²) in [7, 11) is 3.45. The van der Waals surface area contributed by atoms with Gasteiger partial charge in [0, 0.05) is 12.6 Å². The summed E-state index contributed by atoms with van der Waals surface area (Å²) >= 11 is 0. The van der Waals surface area contributed by atoms with Crippen LogP contribution in [0.15, 0.2) is 24.3 Å². The van der Waals surface area contributed by atoms with Gasteiger partial charge in [-0.25, -0.2) is 0 Å². The highest BCUT2D eigenvalue weighted by Crippen LogP contribution is 2.14. The number of benzene rings is 1. The number of nitrogens with zero attached hydrogens (tertiary/aromatic N) is 1. The van der Waals surface area contributed by atoms with Gasteiger partial charge in [0.25, 0.3) is 0 Å². The Balaban J connectivity index is 0.00000361. The predicted octanol–water partition coefficient (Wildman–Crippen LogP) is 2.12. The molecule has 114 valence electrons. The van der Waals surface area contributed by atoms with Gasteiger partial charge in [0.2, 0.25) is 5.91 Å². The van der Waals surface area contributed by atoms with Gasteiger partial charge in [-0.2, -0.15) is 0 Å². The number of ether oxygens (including phenoxy) is 1. The Labute approximate surface area is 127 Å². The smallest absolute Gasteiger partial charge is 0.236 e. The topological polar surface area (TPSA) is 41.6 Å². The number of amides is 1. The van der Waals surface area contributed by atoms with Crippen LogP contribution in [0, 0.1) is 0 Å².